The van der Waals surface area contributed by atoms with Crippen molar-refractivity contribution in [3.8, 4) is 0 Å². The second-order valence-corrected chi connectivity index (χ2v) is 10.2. The van der Waals surface area contributed by atoms with Crippen LogP contribution in [0.5, 0.6) is 0 Å². The predicted molar refractivity (Wildman–Crippen MR) is 144 cm³/mol. The molecule has 4 aromatic rings. The van der Waals surface area contributed by atoms with Gasteiger partial charge in [0.15, 0.2) is 11.1 Å². The van der Waals surface area contributed by atoms with E-state index in [0.717, 1.165) is 42.6 Å². The molecule has 192 valence electrons. The van der Waals surface area contributed by atoms with E-state index in [1.54, 1.807) is 11.6 Å². The zero-order chi connectivity index (χ0) is 25.8. The normalized spacial score (nSPS) is 16.0. The fourth-order valence-electron chi connectivity index (χ4n) is 5.30. The van der Waals surface area contributed by atoms with Crippen molar-refractivity contribution in [3.05, 3.63) is 101 Å². The minimum absolute atomic E-state index is 0.0526. The van der Waals surface area contributed by atoms with Gasteiger partial charge in [-0.3, -0.25) is 14.9 Å². The smallest absolute Gasteiger partial charge is 0.267 e. The number of hydrogen-bond acceptors (Lipinski definition) is 4. The minimum Gasteiger partial charge on any atom is -0.361 e. The Kier molecular flexibility index (Phi) is 7.66. The van der Waals surface area contributed by atoms with Crippen LogP contribution in [0.2, 0.25) is 0 Å². The molecule has 0 radical (unpaired) electrons. The number of amides is 1. The lowest BCUT2D eigenvalue weighted by Crippen LogP contribution is -2.30. The molecule has 2 atom stereocenters. The Labute approximate surface area is 217 Å². The monoisotopic (exact) mass is 518 g/mol. The van der Waals surface area contributed by atoms with E-state index in [1.165, 1.54) is 28.2 Å². The third-order valence-electron chi connectivity index (χ3n) is 7.07. The van der Waals surface area contributed by atoms with Crippen molar-refractivity contribution in [1.82, 2.24) is 19.9 Å². The van der Waals surface area contributed by atoms with Crippen molar-refractivity contribution in [2.75, 3.05) is 6.54 Å². The summed E-state index contributed by atoms with van der Waals surface area (Å²) in [6.07, 6.45) is 9.71. The first-order valence-electron chi connectivity index (χ1n) is 12.3. The Morgan fingerprint density at radius 3 is 2.92 bits per heavy atom. The van der Waals surface area contributed by atoms with Gasteiger partial charge >= 0.3 is 0 Å². The lowest BCUT2D eigenvalue weighted by Gasteiger charge is -2.30. The van der Waals surface area contributed by atoms with E-state index >= 15 is 0 Å². The standard InChI is InChI=1S/C28H30N4O4S/c33-28(30-34)12-8-20-7-10-25-21(16-20)9-11-27(25)31(18-23-4-3-14-32(23)19-37(35)36)15-13-22-17-29-26-6-2-1-5-24(22)26/h1-8,10,12,14,16-17,27,29,34H,9,11,13,15,18-19H2,(H,30,33)(H,35,36). The topological polar surface area (TPSA) is 111 Å². The molecule has 4 N–H and O–H groups in total. The van der Waals surface area contributed by atoms with E-state index in [1.807, 2.05) is 35.0 Å². The lowest BCUT2D eigenvalue weighted by atomic mass is 10.0. The number of hydrogen-bond donors (Lipinski definition) is 4. The molecule has 1 amide bonds. The van der Waals surface area contributed by atoms with Gasteiger partial charge in [-0.2, -0.15) is 0 Å². The largest absolute Gasteiger partial charge is 0.361 e. The molecule has 0 aliphatic heterocycles. The average molecular weight is 519 g/mol. The van der Waals surface area contributed by atoms with Gasteiger partial charge in [-0.25, -0.2) is 9.69 Å². The summed E-state index contributed by atoms with van der Waals surface area (Å²) in [7, 11) is 0. The number of aryl methyl sites for hydroxylation is 1. The summed E-state index contributed by atoms with van der Waals surface area (Å²) in [5.74, 6) is -0.509. The number of H-pyrrole nitrogens is 1. The molecule has 0 saturated heterocycles. The number of nitrogens with zero attached hydrogens (tertiary/aromatic N) is 2. The van der Waals surface area contributed by atoms with Crippen LogP contribution in [-0.4, -0.2) is 40.9 Å². The maximum absolute atomic E-state index is 11.5. The summed E-state index contributed by atoms with van der Waals surface area (Å²) in [6, 6.07) is 18.7. The van der Waals surface area contributed by atoms with Crippen molar-refractivity contribution in [3.63, 3.8) is 0 Å². The van der Waals surface area contributed by atoms with Crippen LogP contribution >= 0.6 is 0 Å². The van der Waals surface area contributed by atoms with Gasteiger partial charge in [0, 0.05) is 54.2 Å². The van der Waals surface area contributed by atoms with E-state index < -0.39 is 17.0 Å². The first-order valence-corrected chi connectivity index (χ1v) is 13.5. The van der Waals surface area contributed by atoms with Crippen molar-refractivity contribution in [1.29, 1.82) is 0 Å². The van der Waals surface area contributed by atoms with Crippen molar-refractivity contribution in [2.24, 2.45) is 0 Å². The van der Waals surface area contributed by atoms with Gasteiger partial charge in [-0.1, -0.05) is 36.4 Å². The van der Waals surface area contributed by atoms with Gasteiger partial charge < -0.3 is 14.1 Å². The highest BCUT2D eigenvalue weighted by Crippen LogP contribution is 2.37. The third kappa shape index (κ3) is 5.75. The molecule has 37 heavy (non-hydrogen) atoms. The second kappa shape index (κ2) is 11.3. The van der Waals surface area contributed by atoms with Gasteiger partial charge in [0.1, 0.15) is 5.88 Å². The summed E-state index contributed by atoms with van der Waals surface area (Å²) in [4.78, 5) is 17.2. The molecular formula is C28H30N4O4S. The summed E-state index contributed by atoms with van der Waals surface area (Å²) in [6.45, 7) is 1.49. The summed E-state index contributed by atoms with van der Waals surface area (Å²) >= 11 is -1.92. The number of nitrogens with one attached hydrogen (secondary N) is 2. The number of carbonyl (C=O) groups is 1. The summed E-state index contributed by atoms with van der Waals surface area (Å²) in [5.41, 5.74) is 8.45. The van der Waals surface area contributed by atoms with E-state index in [4.69, 9.17) is 5.21 Å². The van der Waals surface area contributed by atoms with E-state index in [-0.39, 0.29) is 11.9 Å². The van der Waals surface area contributed by atoms with E-state index in [2.05, 4.69) is 46.4 Å². The Balaban J connectivity index is 1.41. The van der Waals surface area contributed by atoms with E-state index in [9.17, 15) is 13.6 Å². The molecule has 2 aromatic heterocycles. The molecule has 0 fully saturated rings. The van der Waals surface area contributed by atoms with Crippen LogP contribution in [0.25, 0.3) is 17.0 Å². The Morgan fingerprint density at radius 2 is 2.08 bits per heavy atom. The Morgan fingerprint density at radius 1 is 1.22 bits per heavy atom. The van der Waals surface area contributed by atoms with Gasteiger partial charge in [-0.15, -0.1) is 0 Å². The van der Waals surface area contributed by atoms with Crippen LogP contribution in [-0.2, 0) is 41.1 Å². The molecule has 1 aliphatic rings. The molecule has 2 unspecified atom stereocenters. The van der Waals surface area contributed by atoms with Gasteiger partial charge in [0.25, 0.3) is 5.91 Å². The number of benzene rings is 2. The van der Waals surface area contributed by atoms with E-state index in [0.29, 0.717) is 6.54 Å². The predicted octanol–water partition coefficient (Wildman–Crippen LogP) is 4.40. The number of fused-ring (bicyclic) bond motifs is 2. The Bertz CT molecular complexity index is 1460. The summed E-state index contributed by atoms with van der Waals surface area (Å²) in [5, 5.41) is 9.96. The van der Waals surface area contributed by atoms with Crippen LogP contribution in [0, 0.1) is 0 Å². The molecule has 0 saturated carbocycles. The van der Waals surface area contributed by atoms with Gasteiger partial charge in [0.05, 0.1) is 0 Å². The van der Waals surface area contributed by atoms with Crippen LogP contribution < -0.4 is 5.48 Å². The van der Waals surface area contributed by atoms with Crippen molar-refractivity contribution >= 4 is 34.0 Å². The highest BCUT2D eigenvalue weighted by atomic mass is 32.2. The first kappa shape index (κ1) is 25.2. The number of rotatable bonds is 10. The molecule has 2 heterocycles. The molecular weight excluding hydrogens is 488 g/mol. The maximum Gasteiger partial charge on any atom is 0.267 e. The summed E-state index contributed by atoms with van der Waals surface area (Å²) < 4.78 is 22.8. The molecule has 1 aliphatic carbocycles. The first-order chi connectivity index (χ1) is 18.0. The third-order valence-corrected chi connectivity index (χ3v) is 7.57. The van der Waals surface area contributed by atoms with Crippen molar-refractivity contribution in [2.45, 2.75) is 37.7 Å². The van der Waals surface area contributed by atoms with Crippen LogP contribution in [0.15, 0.2) is 73.1 Å². The molecule has 8 nitrogen and oxygen atoms in total. The molecule has 0 bridgehead atoms. The minimum atomic E-state index is -1.92. The Hall–Kier alpha value is -3.50. The van der Waals surface area contributed by atoms with Crippen LogP contribution in [0.3, 0.4) is 0 Å². The number of aromatic nitrogens is 2. The number of carbonyl (C=O) groups excluding carboxylic acids is 1. The van der Waals surface area contributed by atoms with Gasteiger partial charge in [0.2, 0.25) is 0 Å². The molecule has 5 rings (SSSR count). The maximum atomic E-state index is 11.5. The van der Waals surface area contributed by atoms with Crippen molar-refractivity contribution < 1.29 is 18.8 Å². The van der Waals surface area contributed by atoms with Gasteiger partial charge in [-0.05, 0) is 65.8 Å². The fraction of sp³-hybridized carbons (Fsp3) is 0.250. The fourth-order valence-corrected chi connectivity index (χ4v) is 5.79. The van der Waals surface area contributed by atoms with Crippen LogP contribution in [0.4, 0.5) is 0 Å². The number of para-hydroxylation sites is 1. The zero-order valence-corrected chi connectivity index (χ0v) is 21.2. The number of hydroxylamine groups is 1. The second-order valence-electron chi connectivity index (χ2n) is 9.32. The zero-order valence-electron chi connectivity index (χ0n) is 20.3. The average Bonchev–Trinajstić information content (AvgIpc) is 3.63. The van der Waals surface area contributed by atoms with Crippen LogP contribution in [0.1, 0.15) is 40.4 Å². The quantitative estimate of drug-likeness (QED) is 0.108. The molecule has 0 spiro atoms. The molecule has 9 heteroatoms. The highest BCUT2D eigenvalue weighted by molar-refractivity contribution is 7.78. The SMILES string of the molecule is O=C(C=Cc1ccc2c(c1)CCC2N(CCc1c[nH]c2ccccc12)Cc1cccn1CS(=O)O)NO. The number of aromatic amines is 1. The lowest BCUT2D eigenvalue weighted by molar-refractivity contribution is -0.124. The highest BCUT2D eigenvalue weighted by Gasteiger charge is 2.29. The molecule has 2 aromatic carbocycles.